The lowest BCUT2D eigenvalue weighted by Crippen LogP contribution is -2.35. The Morgan fingerprint density at radius 2 is 1.96 bits per heavy atom. The quantitative estimate of drug-likeness (QED) is 0.800. The molecule has 1 heterocycles. The fourth-order valence-corrected chi connectivity index (χ4v) is 2.89. The van der Waals surface area contributed by atoms with E-state index in [2.05, 4.69) is 10.4 Å². The van der Waals surface area contributed by atoms with E-state index in [1.165, 1.54) is 0 Å². The number of aryl methyl sites for hydroxylation is 1. The maximum atomic E-state index is 12.2. The normalized spacial score (nSPS) is 12.0. The van der Waals surface area contributed by atoms with Crippen molar-refractivity contribution in [1.29, 1.82) is 0 Å². The summed E-state index contributed by atoms with van der Waals surface area (Å²) in [6.45, 7) is 5.35. The van der Waals surface area contributed by atoms with Crippen molar-refractivity contribution >= 4 is 35.1 Å². The zero-order chi connectivity index (χ0) is 18.7. The van der Waals surface area contributed by atoms with Gasteiger partial charge in [-0.1, -0.05) is 23.2 Å². The number of amides is 1. The maximum absolute atomic E-state index is 12.2. The van der Waals surface area contributed by atoms with Gasteiger partial charge in [-0.2, -0.15) is 5.10 Å². The molecule has 0 aliphatic rings. The van der Waals surface area contributed by atoms with Crippen LogP contribution in [0.4, 0.5) is 0 Å². The minimum absolute atomic E-state index is 0.119. The summed E-state index contributed by atoms with van der Waals surface area (Å²) in [7, 11) is 0. The highest BCUT2D eigenvalue weighted by molar-refractivity contribution is 6.42. The Balaban J connectivity index is 2.20. The Hall–Kier alpha value is -2.05. The summed E-state index contributed by atoms with van der Waals surface area (Å²) >= 11 is 12.0. The standard InChI is InChI=1S/C17H19Cl2N3O3/c1-9(6-17(24)25)20-16(23)8-13-10(2)21-22(11(13)3)12-4-5-14(18)15(19)7-12/h4-5,7,9H,6,8H2,1-3H3,(H,20,23)(H,24,25). The van der Waals surface area contributed by atoms with Crippen LogP contribution in [0.1, 0.15) is 30.3 Å². The molecule has 2 rings (SSSR count). The minimum atomic E-state index is -0.951. The summed E-state index contributed by atoms with van der Waals surface area (Å²) in [6, 6.07) is 4.76. The molecule has 8 heteroatoms. The van der Waals surface area contributed by atoms with Crippen LogP contribution in [0.15, 0.2) is 18.2 Å². The molecule has 2 aromatic rings. The van der Waals surface area contributed by atoms with Gasteiger partial charge in [0.15, 0.2) is 0 Å². The third-order valence-electron chi connectivity index (χ3n) is 3.81. The molecule has 0 aliphatic heterocycles. The average Bonchev–Trinajstić information content (AvgIpc) is 2.77. The van der Waals surface area contributed by atoms with Crippen LogP contribution in [0.5, 0.6) is 0 Å². The molecule has 0 saturated carbocycles. The van der Waals surface area contributed by atoms with E-state index >= 15 is 0 Å². The first-order valence-electron chi connectivity index (χ1n) is 7.70. The molecule has 0 radical (unpaired) electrons. The van der Waals surface area contributed by atoms with Crippen LogP contribution in [0.25, 0.3) is 5.69 Å². The van der Waals surface area contributed by atoms with Crippen LogP contribution in [-0.4, -0.2) is 32.8 Å². The van der Waals surface area contributed by atoms with Gasteiger partial charge < -0.3 is 10.4 Å². The van der Waals surface area contributed by atoms with E-state index in [9.17, 15) is 9.59 Å². The highest BCUT2D eigenvalue weighted by Crippen LogP contribution is 2.26. The zero-order valence-corrected chi connectivity index (χ0v) is 15.6. The van der Waals surface area contributed by atoms with Gasteiger partial charge in [0.1, 0.15) is 0 Å². The van der Waals surface area contributed by atoms with Gasteiger partial charge in [-0.05, 0) is 39.0 Å². The second kappa shape index (κ2) is 7.89. The minimum Gasteiger partial charge on any atom is -0.481 e. The van der Waals surface area contributed by atoms with Gasteiger partial charge in [0.05, 0.1) is 34.3 Å². The van der Waals surface area contributed by atoms with E-state index in [-0.39, 0.29) is 18.7 Å². The van der Waals surface area contributed by atoms with Crippen molar-refractivity contribution in [3.63, 3.8) is 0 Å². The van der Waals surface area contributed by atoms with E-state index in [1.807, 2.05) is 13.8 Å². The molecule has 6 nitrogen and oxygen atoms in total. The third kappa shape index (κ3) is 4.74. The van der Waals surface area contributed by atoms with Crippen molar-refractivity contribution in [2.24, 2.45) is 0 Å². The number of rotatable bonds is 6. The summed E-state index contributed by atoms with van der Waals surface area (Å²) in [5.74, 6) is -1.19. The topological polar surface area (TPSA) is 84.2 Å². The molecule has 0 fully saturated rings. The predicted molar refractivity (Wildman–Crippen MR) is 96.6 cm³/mol. The first-order valence-corrected chi connectivity index (χ1v) is 8.46. The second-order valence-electron chi connectivity index (χ2n) is 5.90. The summed E-state index contributed by atoms with van der Waals surface area (Å²) in [5.41, 5.74) is 3.09. The van der Waals surface area contributed by atoms with Crippen molar-refractivity contribution in [3.8, 4) is 5.69 Å². The lowest BCUT2D eigenvalue weighted by molar-refractivity contribution is -0.137. The molecule has 134 valence electrons. The first-order chi connectivity index (χ1) is 11.7. The van der Waals surface area contributed by atoms with Crippen molar-refractivity contribution in [2.45, 2.75) is 39.7 Å². The SMILES string of the molecule is Cc1nn(-c2ccc(Cl)c(Cl)c2)c(C)c1CC(=O)NC(C)CC(=O)O. The number of benzene rings is 1. The van der Waals surface area contributed by atoms with Gasteiger partial charge in [-0.25, -0.2) is 4.68 Å². The molecule has 0 saturated heterocycles. The first kappa shape index (κ1) is 19.3. The predicted octanol–water partition coefficient (Wildman–Crippen LogP) is 3.32. The zero-order valence-electron chi connectivity index (χ0n) is 14.1. The lowest BCUT2D eigenvalue weighted by Gasteiger charge is -2.12. The summed E-state index contributed by atoms with van der Waals surface area (Å²) < 4.78 is 1.71. The van der Waals surface area contributed by atoms with E-state index in [0.29, 0.717) is 10.0 Å². The van der Waals surface area contributed by atoms with Crippen LogP contribution in [0, 0.1) is 13.8 Å². The lowest BCUT2D eigenvalue weighted by atomic mass is 10.1. The Morgan fingerprint density at radius 3 is 2.56 bits per heavy atom. The molecule has 1 aromatic carbocycles. The number of aromatic nitrogens is 2. The van der Waals surface area contributed by atoms with Crippen LogP contribution < -0.4 is 5.32 Å². The van der Waals surface area contributed by atoms with Crippen molar-refractivity contribution in [2.75, 3.05) is 0 Å². The van der Waals surface area contributed by atoms with Crippen LogP contribution >= 0.6 is 23.2 Å². The number of aliphatic carboxylic acids is 1. The van der Waals surface area contributed by atoms with E-state index < -0.39 is 12.0 Å². The van der Waals surface area contributed by atoms with Crippen LogP contribution in [0.2, 0.25) is 10.0 Å². The van der Waals surface area contributed by atoms with Gasteiger partial charge in [0.2, 0.25) is 5.91 Å². The molecule has 0 bridgehead atoms. The number of halogens is 2. The van der Waals surface area contributed by atoms with Gasteiger partial charge in [-0.3, -0.25) is 9.59 Å². The highest BCUT2D eigenvalue weighted by atomic mass is 35.5. The Bertz CT molecular complexity index is 818. The molecule has 1 atom stereocenters. The molecule has 2 N–H and O–H groups in total. The molecule has 1 amide bonds. The van der Waals surface area contributed by atoms with Crippen LogP contribution in [-0.2, 0) is 16.0 Å². The molecule has 25 heavy (non-hydrogen) atoms. The molecule has 0 aliphatic carbocycles. The number of nitrogens with zero attached hydrogens (tertiary/aromatic N) is 2. The van der Waals surface area contributed by atoms with Crippen LogP contribution in [0.3, 0.4) is 0 Å². The van der Waals surface area contributed by atoms with E-state index in [4.69, 9.17) is 28.3 Å². The highest BCUT2D eigenvalue weighted by Gasteiger charge is 2.18. The molecule has 1 aromatic heterocycles. The second-order valence-corrected chi connectivity index (χ2v) is 6.72. The Labute approximate surface area is 155 Å². The van der Waals surface area contributed by atoms with E-state index in [1.54, 1.807) is 29.8 Å². The molecule has 1 unspecified atom stereocenters. The monoisotopic (exact) mass is 383 g/mol. The summed E-state index contributed by atoms with van der Waals surface area (Å²) in [6.07, 6.45) is 0.00911. The average molecular weight is 384 g/mol. The molecular weight excluding hydrogens is 365 g/mol. The van der Waals surface area contributed by atoms with Gasteiger partial charge >= 0.3 is 5.97 Å². The number of carbonyl (C=O) groups excluding carboxylic acids is 1. The fourth-order valence-electron chi connectivity index (χ4n) is 2.60. The number of carboxylic acids is 1. The number of carboxylic acid groups (broad SMARTS) is 1. The summed E-state index contributed by atoms with van der Waals surface area (Å²) in [4.78, 5) is 22.9. The maximum Gasteiger partial charge on any atom is 0.305 e. The number of carbonyl (C=O) groups is 2. The molecular formula is C17H19Cl2N3O3. The molecule has 0 spiro atoms. The van der Waals surface area contributed by atoms with Gasteiger partial charge in [-0.15, -0.1) is 0 Å². The Kier molecular flexibility index (Phi) is 6.08. The fraction of sp³-hybridized carbons (Fsp3) is 0.353. The van der Waals surface area contributed by atoms with Crippen molar-refractivity contribution in [3.05, 3.63) is 45.2 Å². The number of hydrogen-bond acceptors (Lipinski definition) is 3. The number of nitrogens with one attached hydrogen (secondary N) is 1. The van der Waals surface area contributed by atoms with Gasteiger partial charge in [0.25, 0.3) is 0 Å². The smallest absolute Gasteiger partial charge is 0.305 e. The van der Waals surface area contributed by atoms with Crippen molar-refractivity contribution < 1.29 is 14.7 Å². The van der Waals surface area contributed by atoms with Gasteiger partial charge in [0, 0.05) is 17.3 Å². The summed E-state index contributed by atoms with van der Waals surface area (Å²) in [5, 5.41) is 16.8. The number of hydrogen-bond donors (Lipinski definition) is 2. The Morgan fingerprint density at radius 1 is 1.28 bits per heavy atom. The largest absolute Gasteiger partial charge is 0.481 e. The van der Waals surface area contributed by atoms with Crippen molar-refractivity contribution in [1.82, 2.24) is 15.1 Å². The van der Waals surface area contributed by atoms with E-state index in [0.717, 1.165) is 22.6 Å². The third-order valence-corrected chi connectivity index (χ3v) is 4.55.